The molecule has 1 aliphatic heterocycles. The van der Waals surface area contributed by atoms with Gasteiger partial charge in [-0.1, -0.05) is 11.6 Å². The number of rotatable bonds is 6. The van der Waals surface area contributed by atoms with Crippen molar-refractivity contribution in [2.45, 2.75) is 30.5 Å². The molecule has 0 spiro atoms. The molecule has 1 aliphatic rings. The van der Waals surface area contributed by atoms with Gasteiger partial charge >= 0.3 is 6.18 Å². The molecule has 1 heterocycles. The third kappa shape index (κ3) is 6.13. The van der Waals surface area contributed by atoms with Crippen LogP contribution in [0.2, 0.25) is 5.02 Å². The molecule has 1 saturated heterocycles. The Bertz CT molecular complexity index is 1040. The number of sulfonamides is 1. The molecule has 1 atom stereocenters. The molecule has 0 bridgehead atoms. The molecule has 15 heteroatoms. The number of aliphatic hydroxyl groups is 1. The van der Waals surface area contributed by atoms with E-state index in [1.54, 1.807) is 0 Å². The molecular weight excluding hydrogens is 493 g/mol. The van der Waals surface area contributed by atoms with Crippen LogP contribution in [0.1, 0.15) is 13.8 Å². The summed E-state index contributed by atoms with van der Waals surface area (Å²) in [7, 11) is -4.06. The van der Waals surface area contributed by atoms with Gasteiger partial charge in [-0.2, -0.15) is 17.5 Å². The van der Waals surface area contributed by atoms with Crippen molar-refractivity contribution in [1.29, 1.82) is 0 Å². The van der Waals surface area contributed by atoms with Gasteiger partial charge in [-0.3, -0.25) is 14.4 Å². The maximum Gasteiger partial charge on any atom is 0.426 e. The van der Waals surface area contributed by atoms with E-state index in [4.69, 9.17) is 11.6 Å². The fourth-order valence-corrected chi connectivity index (χ4v) is 4.51. The van der Waals surface area contributed by atoms with E-state index >= 15 is 0 Å². The Morgan fingerprint density at radius 3 is 2.21 bits per heavy atom. The van der Waals surface area contributed by atoms with Crippen molar-refractivity contribution in [1.82, 2.24) is 14.5 Å². The van der Waals surface area contributed by atoms with E-state index < -0.39 is 27.7 Å². The average Bonchev–Trinajstić information content (AvgIpc) is 2.72. The molecule has 0 aliphatic carbocycles. The van der Waals surface area contributed by atoms with E-state index in [1.807, 2.05) is 5.32 Å². The van der Waals surface area contributed by atoms with E-state index in [2.05, 4.69) is 5.32 Å². The molecule has 10 nitrogen and oxygen atoms in total. The Balaban J connectivity index is 2.09. The highest BCUT2D eigenvalue weighted by atomic mass is 35.5. The lowest BCUT2D eigenvalue weighted by atomic mass is 10.1. The van der Waals surface area contributed by atoms with Gasteiger partial charge < -0.3 is 20.6 Å². The number of benzene rings is 1. The maximum atomic E-state index is 12.9. The first-order valence-corrected chi connectivity index (χ1v) is 11.3. The highest BCUT2D eigenvalue weighted by Crippen LogP contribution is 2.33. The van der Waals surface area contributed by atoms with Crippen LogP contribution in [0.25, 0.3) is 0 Å². The van der Waals surface area contributed by atoms with Crippen LogP contribution in [0, 0.1) is 0 Å². The summed E-state index contributed by atoms with van der Waals surface area (Å²) in [5, 5.41) is 13.3. The van der Waals surface area contributed by atoms with Crippen LogP contribution in [0.4, 0.5) is 18.9 Å². The topological polar surface area (TPSA) is 136 Å². The molecule has 0 radical (unpaired) electrons. The van der Waals surface area contributed by atoms with E-state index in [0.29, 0.717) is 0 Å². The first kappa shape index (κ1) is 26.8. The number of alkyl halides is 3. The average molecular weight is 515 g/mol. The Hall–Kier alpha value is -2.42. The van der Waals surface area contributed by atoms with E-state index in [9.17, 15) is 41.1 Å². The molecule has 1 fully saturated rings. The highest BCUT2D eigenvalue weighted by molar-refractivity contribution is 7.89. The summed E-state index contributed by atoms with van der Waals surface area (Å²) in [5.41, 5.74) is -4.00. The van der Waals surface area contributed by atoms with Crippen molar-refractivity contribution in [2.24, 2.45) is 0 Å². The summed E-state index contributed by atoms with van der Waals surface area (Å²) < 4.78 is 65.3. The maximum absolute atomic E-state index is 12.9. The zero-order valence-electron chi connectivity index (χ0n) is 17.6. The second kappa shape index (κ2) is 9.83. The van der Waals surface area contributed by atoms with Crippen LogP contribution in [0.5, 0.6) is 0 Å². The van der Waals surface area contributed by atoms with Crippen molar-refractivity contribution >= 4 is 45.0 Å². The smallest absolute Gasteiger partial charge is 0.373 e. The first-order valence-electron chi connectivity index (χ1n) is 9.50. The zero-order valence-corrected chi connectivity index (χ0v) is 19.1. The Morgan fingerprint density at radius 1 is 1.15 bits per heavy atom. The molecule has 1 aromatic carbocycles. The standard InChI is InChI=1S/C18H22ClF3N4O6S/c1-11(27)23-10-15(28)25-5-7-26(8-6-25)33(31,32)12-3-4-14(13(19)9-12)24-16(29)17(2,30)18(20,21)22/h3-4,9,30H,5-8,10H2,1-2H3,(H,23,27)(H,24,29)/t17-/m1/s1. The van der Waals surface area contributed by atoms with Gasteiger partial charge in [0.15, 0.2) is 0 Å². The Kier molecular flexibility index (Phi) is 7.99. The predicted octanol–water partition coefficient (Wildman–Crippen LogP) is 0.561. The molecule has 3 amide bonds. The molecule has 3 N–H and O–H groups in total. The molecule has 33 heavy (non-hydrogen) atoms. The lowest BCUT2D eigenvalue weighted by Crippen LogP contribution is -2.52. The number of carbonyl (C=O) groups is 3. The number of carbonyl (C=O) groups excluding carboxylic acids is 3. The monoisotopic (exact) mass is 514 g/mol. The molecule has 184 valence electrons. The number of halogens is 4. The number of hydrogen-bond donors (Lipinski definition) is 3. The van der Waals surface area contributed by atoms with Crippen molar-refractivity contribution in [2.75, 3.05) is 38.0 Å². The van der Waals surface area contributed by atoms with Gasteiger partial charge in [0.05, 0.1) is 22.2 Å². The van der Waals surface area contributed by atoms with Crippen molar-refractivity contribution in [3.05, 3.63) is 23.2 Å². The molecule has 1 aromatic rings. The quantitative estimate of drug-likeness (QED) is 0.507. The van der Waals surface area contributed by atoms with Crippen LogP contribution < -0.4 is 10.6 Å². The Morgan fingerprint density at radius 2 is 1.73 bits per heavy atom. The van der Waals surface area contributed by atoms with Gasteiger partial charge in [0.2, 0.25) is 27.4 Å². The van der Waals surface area contributed by atoms with Crippen LogP contribution in [-0.2, 0) is 24.4 Å². The third-order valence-electron chi connectivity index (χ3n) is 4.90. The summed E-state index contributed by atoms with van der Waals surface area (Å²) in [4.78, 5) is 35.9. The normalized spacial score (nSPS) is 17.2. The van der Waals surface area contributed by atoms with Crippen LogP contribution >= 0.6 is 11.6 Å². The lowest BCUT2D eigenvalue weighted by Gasteiger charge is -2.34. The number of anilines is 1. The summed E-state index contributed by atoms with van der Waals surface area (Å²) >= 11 is 5.96. The third-order valence-corrected chi connectivity index (χ3v) is 7.11. The van der Waals surface area contributed by atoms with E-state index in [0.717, 1.165) is 22.5 Å². The summed E-state index contributed by atoms with van der Waals surface area (Å²) in [6.45, 7) is 1.45. The van der Waals surface area contributed by atoms with Gasteiger partial charge in [0.25, 0.3) is 5.91 Å². The number of amides is 3. The molecular formula is C18H22ClF3N4O6S. The number of nitrogens with one attached hydrogen (secondary N) is 2. The van der Waals surface area contributed by atoms with Gasteiger partial charge in [0, 0.05) is 33.1 Å². The molecule has 0 saturated carbocycles. The summed E-state index contributed by atoms with van der Waals surface area (Å²) in [6, 6.07) is 3.02. The van der Waals surface area contributed by atoms with Gasteiger partial charge in [-0.05, 0) is 25.1 Å². The summed E-state index contributed by atoms with van der Waals surface area (Å²) in [5.74, 6) is -2.52. The second-order valence-electron chi connectivity index (χ2n) is 7.36. The Labute approximate surface area is 192 Å². The SMILES string of the molecule is CC(=O)NCC(=O)N1CCN(S(=O)(=O)c2ccc(NC(=O)[C@@](C)(O)C(F)(F)F)c(Cl)c2)CC1. The predicted molar refractivity (Wildman–Crippen MR) is 111 cm³/mol. The highest BCUT2D eigenvalue weighted by Gasteiger charge is 2.55. The van der Waals surface area contributed by atoms with Gasteiger partial charge in [-0.25, -0.2) is 8.42 Å². The van der Waals surface area contributed by atoms with Crippen LogP contribution in [0.3, 0.4) is 0 Å². The van der Waals surface area contributed by atoms with Crippen molar-refractivity contribution in [3.8, 4) is 0 Å². The van der Waals surface area contributed by atoms with Crippen molar-refractivity contribution in [3.63, 3.8) is 0 Å². The molecule has 0 aromatic heterocycles. The number of hydrogen-bond acceptors (Lipinski definition) is 6. The minimum Gasteiger partial charge on any atom is -0.373 e. The van der Waals surface area contributed by atoms with Gasteiger partial charge in [0.1, 0.15) is 0 Å². The van der Waals surface area contributed by atoms with Crippen LogP contribution in [0.15, 0.2) is 23.1 Å². The van der Waals surface area contributed by atoms with E-state index in [-0.39, 0.29) is 67.1 Å². The fraction of sp³-hybridized carbons (Fsp3) is 0.500. The van der Waals surface area contributed by atoms with Crippen molar-refractivity contribution < 1.29 is 41.1 Å². The summed E-state index contributed by atoms with van der Waals surface area (Å²) in [6.07, 6.45) is -5.24. The fourth-order valence-electron chi connectivity index (χ4n) is 2.77. The molecule has 0 unspecified atom stereocenters. The lowest BCUT2D eigenvalue weighted by molar-refractivity contribution is -0.242. The largest absolute Gasteiger partial charge is 0.426 e. The minimum atomic E-state index is -5.24. The number of piperazine rings is 1. The first-order chi connectivity index (χ1) is 15.1. The number of nitrogens with zero attached hydrogens (tertiary/aromatic N) is 2. The molecule has 2 rings (SSSR count). The van der Waals surface area contributed by atoms with Gasteiger partial charge in [-0.15, -0.1) is 0 Å². The van der Waals surface area contributed by atoms with E-state index in [1.165, 1.54) is 11.8 Å². The second-order valence-corrected chi connectivity index (χ2v) is 9.71. The van der Waals surface area contributed by atoms with Crippen LogP contribution in [-0.4, -0.2) is 85.0 Å². The minimum absolute atomic E-state index is 0.0291. The zero-order chi connectivity index (χ0) is 25.2.